The summed E-state index contributed by atoms with van der Waals surface area (Å²) in [5.74, 6) is 1.31. The quantitative estimate of drug-likeness (QED) is 0.781. The van der Waals surface area contributed by atoms with Crippen molar-refractivity contribution in [1.82, 2.24) is 15.0 Å². The lowest BCUT2D eigenvalue weighted by atomic mass is 10.1. The van der Waals surface area contributed by atoms with Crippen LogP contribution in [-0.2, 0) is 0 Å². The SMILES string of the molecule is CCCCCCNc1nc(Cl)nc(N2CCCCC2)n1. The van der Waals surface area contributed by atoms with Gasteiger partial charge in [-0.15, -0.1) is 0 Å². The number of nitrogens with zero attached hydrogens (tertiary/aromatic N) is 4. The van der Waals surface area contributed by atoms with Crippen LogP contribution in [0.3, 0.4) is 0 Å². The monoisotopic (exact) mass is 297 g/mol. The molecule has 0 spiro atoms. The molecule has 1 saturated heterocycles. The summed E-state index contributed by atoms with van der Waals surface area (Å²) in [6.45, 7) is 5.12. The van der Waals surface area contributed by atoms with E-state index in [-0.39, 0.29) is 5.28 Å². The van der Waals surface area contributed by atoms with Crippen molar-refractivity contribution in [3.8, 4) is 0 Å². The van der Waals surface area contributed by atoms with E-state index in [1.54, 1.807) is 0 Å². The van der Waals surface area contributed by atoms with E-state index in [0.717, 1.165) is 26.1 Å². The lowest BCUT2D eigenvalue weighted by Crippen LogP contribution is -2.31. The minimum Gasteiger partial charge on any atom is -0.354 e. The van der Waals surface area contributed by atoms with Crippen LogP contribution >= 0.6 is 11.6 Å². The first-order valence-corrected chi connectivity index (χ1v) is 8.08. The molecule has 1 fully saturated rings. The fourth-order valence-corrected chi connectivity index (χ4v) is 2.56. The molecule has 1 aromatic heterocycles. The Labute approximate surface area is 126 Å². The highest BCUT2D eigenvalue weighted by Crippen LogP contribution is 2.18. The lowest BCUT2D eigenvalue weighted by molar-refractivity contribution is 0.567. The third-order valence-electron chi connectivity index (χ3n) is 3.55. The van der Waals surface area contributed by atoms with E-state index in [9.17, 15) is 0 Å². The van der Waals surface area contributed by atoms with Gasteiger partial charge in [0.05, 0.1) is 0 Å². The molecule has 0 amide bonds. The Kier molecular flexibility index (Phi) is 6.30. The largest absolute Gasteiger partial charge is 0.354 e. The van der Waals surface area contributed by atoms with Crippen LogP contribution in [-0.4, -0.2) is 34.6 Å². The number of nitrogens with one attached hydrogen (secondary N) is 1. The number of hydrogen-bond donors (Lipinski definition) is 1. The van der Waals surface area contributed by atoms with Crippen LogP contribution < -0.4 is 10.2 Å². The first kappa shape index (κ1) is 15.3. The number of piperidine rings is 1. The van der Waals surface area contributed by atoms with Crippen LogP contribution in [0, 0.1) is 0 Å². The molecule has 1 aromatic rings. The van der Waals surface area contributed by atoms with Crippen molar-refractivity contribution in [1.29, 1.82) is 0 Å². The summed E-state index contributed by atoms with van der Waals surface area (Å²) in [5, 5.41) is 3.53. The summed E-state index contributed by atoms with van der Waals surface area (Å²) < 4.78 is 0. The summed E-state index contributed by atoms with van der Waals surface area (Å²) in [7, 11) is 0. The second-order valence-electron chi connectivity index (χ2n) is 5.26. The van der Waals surface area contributed by atoms with Gasteiger partial charge in [0.2, 0.25) is 17.2 Å². The molecule has 0 atom stereocenters. The van der Waals surface area contributed by atoms with Gasteiger partial charge in [-0.2, -0.15) is 15.0 Å². The van der Waals surface area contributed by atoms with Gasteiger partial charge >= 0.3 is 0 Å². The molecule has 0 bridgehead atoms. The summed E-state index contributed by atoms with van der Waals surface area (Å²) in [6, 6.07) is 0. The zero-order chi connectivity index (χ0) is 14.2. The van der Waals surface area contributed by atoms with Crippen molar-refractivity contribution in [3.05, 3.63) is 5.28 Å². The third-order valence-corrected chi connectivity index (χ3v) is 3.72. The number of aromatic nitrogens is 3. The maximum absolute atomic E-state index is 6.00. The van der Waals surface area contributed by atoms with E-state index in [2.05, 4.69) is 32.1 Å². The molecule has 1 aliphatic rings. The molecule has 20 heavy (non-hydrogen) atoms. The summed E-state index contributed by atoms with van der Waals surface area (Å²) in [6.07, 6.45) is 8.58. The van der Waals surface area contributed by atoms with Gasteiger partial charge in [0.1, 0.15) is 0 Å². The molecule has 1 aliphatic heterocycles. The molecule has 1 N–H and O–H groups in total. The van der Waals surface area contributed by atoms with Crippen LogP contribution in [0.5, 0.6) is 0 Å². The zero-order valence-corrected chi connectivity index (χ0v) is 13.0. The highest BCUT2D eigenvalue weighted by atomic mass is 35.5. The minimum absolute atomic E-state index is 0.275. The van der Waals surface area contributed by atoms with Crippen molar-refractivity contribution in [2.45, 2.75) is 51.9 Å². The Morgan fingerprint density at radius 2 is 1.85 bits per heavy atom. The standard InChI is InChI=1S/C14H24ClN5/c1-2-3-4-6-9-16-13-17-12(15)18-14(19-13)20-10-7-5-8-11-20/h2-11H2,1H3,(H,16,17,18,19). The van der Waals surface area contributed by atoms with E-state index < -0.39 is 0 Å². The fourth-order valence-electron chi connectivity index (χ4n) is 2.41. The van der Waals surface area contributed by atoms with E-state index in [4.69, 9.17) is 11.6 Å². The molecule has 0 aliphatic carbocycles. The second-order valence-corrected chi connectivity index (χ2v) is 5.60. The van der Waals surface area contributed by atoms with Gasteiger partial charge in [0.15, 0.2) is 0 Å². The van der Waals surface area contributed by atoms with Gasteiger partial charge in [-0.25, -0.2) is 0 Å². The highest BCUT2D eigenvalue weighted by Gasteiger charge is 2.15. The van der Waals surface area contributed by atoms with Crippen molar-refractivity contribution < 1.29 is 0 Å². The molecule has 5 nitrogen and oxygen atoms in total. The van der Waals surface area contributed by atoms with Crippen molar-refractivity contribution in [3.63, 3.8) is 0 Å². The normalized spacial score (nSPS) is 15.4. The summed E-state index contributed by atoms with van der Waals surface area (Å²) >= 11 is 6.00. The van der Waals surface area contributed by atoms with Crippen molar-refractivity contribution in [2.75, 3.05) is 29.9 Å². The minimum atomic E-state index is 0.275. The molecule has 6 heteroatoms. The van der Waals surface area contributed by atoms with E-state index in [1.807, 2.05) is 0 Å². The zero-order valence-electron chi connectivity index (χ0n) is 12.2. The van der Waals surface area contributed by atoms with E-state index >= 15 is 0 Å². The van der Waals surface area contributed by atoms with Gasteiger partial charge in [0, 0.05) is 19.6 Å². The number of rotatable bonds is 7. The molecular weight excluding hydrogens is 274 g/mol. The van der Waals surface area contributed by atoms with Crippen LogP contribution in [0.2, 0.25) is 5.28 Å². The molecular formula is C14H24ClN5. The van der Waals surface area contributed by atoms with Crippen molar-refractivity contribution in [2.24, 2.45) is 0 Å². The van der Waals surface area contributed by atoms with Gasteiger partial charge in [-0.05, 0) is 37.3 Å². The highest BCUT2D eigenvalue weighted by molar-refractivity contribution is 6.28. The number of anilines is 2. The van der Waals surface area contributed by atoms with Gasteiger partial charge in [-0.3, -0.25) is 0 Å². The van der Waals surface area contributed by atoms with Crippen LogP contribution in [0.1, 0.15) is 51.9 Å². The second kappa shape index (κ2) is 8.25. The van der Waals surface area contributed by atoms with E-state index in [0.29, 0.717) is 11.9 Å². The molecule has 0 aromatic carbocycles. The Morgan fingerprint density at radius 1 is 1.05 bits per heavy atom. The number of halogens is 1. The van der Waals surface area contributed by atoms with Crippen molar-refractivity contribution >= 4 is 23.5 Å². The molecule has 0 unspecified atom stereocenters. The van der Waals surface area contributed by atoms with Gasteiger partial charge in [0.25, 0.3) is 0 Å². The third kappa shape index (κ3) is 4.78. The topological polar surface area (TPSA) is 53.9 Å². The van der Waals surface area contributed by atoms with E-state index in [1.165, 1.54) is 38.5 Å². The molecule has 0 radical (unpaired) electrons. The summed E-state index contributed by atoms with van der Waals surface area (Å²) in [4.78, 5) is 15.1. The van der Waals surface area contributed by atoms with Crippen LogP contribution in [0.4, 0.5) is 11.9 Å². The summed E-state index contributed by atoms with van der Waals surface area (Å²) in [5.41, 5.74) is 0. The number of unbranched alkanes of at least 4 members (excludes halogenated alkanes) is 3. The number of hydrogen-bond acceptors (Lipinski definition) is 5. The maximum atomic E-state index is 6.00. The van der Waals surface area contributed by atoms with Gasteiger partial charge < -0.3 is 10.2 Å². The first-order valence-electron chi connectivity index (χ1n) is 7.70. The Hall–Kier alpha value is -1.10. The Morgan fingerprint density at radius 3 is 2.60 bits per heavy atom. The molecule has 2 heterocycles. The Balaban J connectivity index is 1.90. The average molecular weight is 298 g/mol. The first-order chi connectivity index (χ1) is 9.79. The van der Waals surface area contributed by atoms with Crippen LogP contribution in [0.15, 0.2) is 0 Å². The van der Waals surface area contributed by atoms with Gasteiger partial charge in [-0.1, -0.05) is 26.2 Å². The molecule has 0 saturated carbocycles. The lowest BCUT2D eigenvalue weighted by Gasteiger charge is -2.26. The molecule has 112 valence electrons. The predicted molar refractivity (Wildman–Crippen MR) is 83.5 cm³/mol. The average Bonchev–Trinajstić information content (AvgIpc) is 2.47. The molecule has 2 rings (SSSR count). The smallest absolute Gasteiger partial charge is 0.231 e. The Bertz CT molecular complexity index is 407. The van der Waals surface area contributed by atoms with Crippen LogP contribution in [0.25, 0.3) is 0 Å². The predicted octanol–water partition coefficient (Wildman–Crippen LogP) is 3.51. The maximum Gasteiger partial charge on any atom is 0.231 e. The fraction of sp³-hybridized carbons (Fsp3) is 0.786.